The van der Waals surface area contributed by atoms with E-state index in [1.807, 2.05) is 4.90 Å². The molecule has 2 saturated heterocycles. The van der Waals surface area contributed by atoms with Gasteiger partial charge in [-0.15, -0.1) is 0 Å². The third-order valence-corrected chi connectivity index (χ3v) is 5.94. The smallest absolute Gasteiger partial charge is 0.411 e. The largest absolute Gasteiger partial charge is 0.447 e. The molecule has 11 nitrogen and oxygen atoms in total. The van der Waals surface area contributed by atoms with Crippen LogP contribution in [0.5, 0.6) is 0 Å². The Bertz CT molecular complexity index is 1250. The van der Waals surface area contributed by atoms with E-state index in [-0.39, 0.29) is 30.8 Å². The average molecular weight is 508 g/mol. The van der Waals surface area contributed by atoms with Crippen LogP contribution in [-0.4, -0.2) is 86.8 Å². The fraction of sp³-hybridized carbons (Fsp3) is 0.455. The normalized spacial score (nSPS) is 21.7. The van der Waals surface area contributed by atoms with E-state index in [2.05, 4.69) is 20.4 Å². The molecule has 2 aliphatic rings. The minimum absolute atomic E-state index is 0.0292. The predicted octanol–water partition coefficient (Wildman–Crippen LogP) is 1.93. The molecule has 0 spiro atoms. The fourth-order valence-corrected chi connectivity index (χ4v) is 4.40. The van der Waals surface area contributed by atoms with E-state index in [0.29, 0.717) is 42.0 Å². The van der Waals surface area contributed by atoms with Crippen molar-refractivity contribution in [3.05, 3.63) is 30.5 Å². The van der Waals surface area contributed by atoms with E-state index in [0.717, 1.165) is 4.68 Å². The van der Waals surface area contributed by atoms with Crippen molar-refractivity contribution < 1.29 is 37.7 Å². The van der Waals surface area contributed by atoms with Crippen LogP contribution in [0.2, 0.25) is 0 Å². The number of rotatable bonds is 6. The number of morpholine rings is 1. The summed E-state index contributed by atoms with van der Waals surface area (Å²) in [4.78, 5) is 22.6. The van der Waals surface area contributed by atoms with Gasteiger partial charge < -0.3 is 24.6 Å². The van der Waals surface area contributed by atoms with Gasteiger partial charge in [-0.25, -0.2) is 19.4 Å². The molecule has 0 radical (unpaired) electrons. The first-order valence-electron chi connectivity index (χ1n) is 11.2. The number of ether oxygens (including phenoxy) is 2. The Morgan fingerprint density at radius 1 is 1.22 bits per heavy atom. The molecule has 0 aliphatic carbocycles. The summed E-state index contributed by atoms with van der Waals surface area (Å²) in [6.45, 7) is -1.01. The molecule has 36 heavy (non-hydrogen) atoms. The number of amides is 1. The summed E-state index contributed by atoms with van der Waals surface area (Å²) in [6.07, 6.45) is -4.69. The van der Waals surface area contributed by atoms with Crippen LogP contribution in [0, 0.1) is 0 Å². The first kappa shape index (κ1) is 24.2. The number of anilines is 2. The van der Waals surface area contributed by atoms with Crippen LogP contribution in [0.15, 0.2) is 30.5 Å². The second kappa shape index (κ2) is 9.52. The van der Waals surface area contributed by atoms with Crippen LogP contribution in [0.4, 0.5) is 29.5 Å². The molecule has 2 fully saturated rings. The number of aliphatic hydroxyl groups excluding tert-OH is 2. The van der Waals surface area contributed by atoms with Gasteiger partial charge in [0.25, 0.3) is 0 Å². The quantitative estimate of drug-likeness (QED) is 0.457. The Kier molecular flexibility index (Phi) is 6.40. The first-order valence-corrected chi connectivity index (χ1v) is 11.2. The van der Waals surface area contributed by atoms with Gasteiger partial charge in [-0.05, 0) is 24.3 Å². The zero-order chi connectivity index (χ0) is 25.4. The zero-order valence-electron chi connectivity index (χ0n) is 18.9. The van der Waals surface area contributed by atoms with Gasteiger partial charge in [0.2, 0.25) is 0 Å². The van der Waals surface area contributed by atoms with Crippen molar-refractivity contribution in [2.75, 3.05) is 36.5 Å². The van der Waals surface area contributed by atoms with Gasteiger partial charge in [-0.3, -0.25) is 5.32 Å². The monoisotopic (exact) mass is 508 g/mol. The van der Waals surface area contributed by atoms with Crippen molar-refractivity contribution in [3.8, 4) is 11.4 Å². The highest BCUT2D eigenvalue weighted by atomic mass is 19.4. The van der Waals surface area contributed by atoms with E-state index >= 15 is 0 Å². The Balaban J connectivity index is 1.50. The third-order valence-electron chi connectivity index (χ3n) is 5.94. The highest BCUT2D eigenvalue weighted by Gasteiger charge is 2.41. The SMILES string of the molecule is O=C(Nc1ccc(-c2nc(N3CC4CC(O)C(C3)O4)c3cnn(CC(F)(F)F)c3n2)cc1)OCCO. The molecule has 1 aromatic carbocycles. The number of nitrogens with one attached hydrogen (secondary N) is 1. The van der Waals surface area contributed by atoms with E-state index in [1.165, 1.54) is 6.20 Å². The van der Waals surface area contributed by atoms with Crippen LogP contribution < -0.4 is 10.2 Å². The van der Waals surface area contributed by atoms with Crippen molar-refractivity contribution in [1.29, 1.82) is 0 Å². The molecule has 14 heteroatoms. The van der Waals surface area contributed by atoms with Crippen LogP contribution in [0.25, 0.3) is 22.4 Å². The number of nitrogens with zero attached hydrogens (tertiary/aromatic N) is 5. The molecule has 2 bridgehead atoms. The second-order valence-electron chi connectivity index (χ2n) is 8.59. The van der Waals surface area contributed by atoms with Crippen molar-refractivity contribution in [2.24, 2.45) is 0 Å². The number of alkyl halides is 3. The van der Waals surface area contributed by atoms with Gasteiger partial charge in [-0.2, -0.15) is 18.3 Å². The molecule has 3 atom stereocenters. The minimum atomic E-state index is -4.50. The minimum Gasteiger partial charge on any atom is -0.447 e. The van der Waals surface area contributed by atoms with Crippen LogP contribution in [0.3, 0.4) is 0 Å². The summed E-state index contributed by atoms with van der Waals surface area (Å²) in [5.41, 5.74) is 0.939. The van der Waals surface area contributed by atoms with Gasteiger partial charge in [0.1, 0.15) is 25.1 Å². The lowest BCUT2D eigenvalue weighted by Gasteiger charge is -2.33. The maximum atomic E-state index is 13.2. The molecular weight excluding hydrogens is 485 g/mol. The van der Waals surface area contributed by atoms with Crippen molar-refractivity contribution in [1.82, 2.24) is 19.7 Å². The standard InChI is InChI=1S/C22H23F3N6O5/c23-22(24,25)11-31-20-15(8-26-31)19(30-9-14-7-16(33)17(10-30)36-14)28-18(29-20)12-1-3-13(4-2-12)27-21(34)35-6-5-32/h1-4,8,14,16-17,32-33H,5-7,9-11H2,(H,27,34). The number of hydrogen-bond acceptors (Lipinski definition) is 9. The topological polar surface area (TPSA) is 135 Å². The molecule has 2 aliphatic heterocycles. The van der Waals surface area contributed by atoms with Crippen LogP contribution >= 0.6 is 0 Å². The molecule has 2 aromatic heterocycles. The molecular formula is C22H23F3N6O5. The first-order chi connectivity index (χ1) is 17.2. The maximum absolute atomic E-state index is 13.2. The van der Waals surface area contributed by atoms with E-state index in [1.54, 1.807) is 24.3 Å². The predicted molar refractivity (Wildman–Crippen MR) is 120 cm³/mol. The summed E-state index contributed by atoms with van der Waals surface area (Å²) < 4.78 is 50.9. The molecule has 1 amide bonds. The number of halogens is 3. The molecule has 192 valence electrons. The zero-order valence-corrected chi connectivity index (χ0v) is 18.9. The number of aromatic nitrogens is 4. The lowest BCUT2D eigenvalue weighted by Crippen LogP contribution is -2.44. The Labute approximate surface area is 202 Å². The molecule has 3 aromatic rings. The highest BCUT2D eigenvalue weighted by Crippen LogP contribution is 2.34. The summed E-state index contributed by atoms with van der Waals surface area (Å²) in [7, 11) is 0. The number of hydrogen-bond donors (Lipinski definition) is 3. The van der Waals surface area contributed by atoms with Gasteiger partial charge in [0.05, 0.1) is 30.4 Å². The van der Waals surface area contributed by atoms with E-state index in [9.17, 15) is 23.1 Å². The summed E-state index contributed by atoms with van der Waals surface area (Å²) >= 11 is 0. The summed E-state index contributed by atoms with van der Waals surface area (Å²) in [5.74, 6) is 0.584. The highest BCUT2D eigenvalue weighted by molar-refractivity contribution is 5.89. The van der Waals surface area contributed by atoms with Crippen LogP contribution in [-0.2, 0) is 16.0 Å². The molecule has 4 heterocycles. The van der Waals surface area contributed by atoms with E-state index < -0.39 is 31.0 Å². The summed E-state index contributed by atoms with van der Waals surface area (Å²) in [5, 5.41) is 25.7. The Hall–Kier alpha value is -3.49. The van der Waals surface area contributed by atoms with Crippen molar-refractivity contribution >= 4 is 28.6 Å². The van der Waals surface area contributed by atoms with E-state index in [4.69, 9.17) is 14.6 Å². The molecule has 0 saturated carbocycles. The molecule has 3 N–H and O–H groups in total. The second-order valence-corrected chi connectivity index (χ2v) is 8.59. The third kappa shape index (κ3) is 5.05. The number of aliphatic hydroxyl groups is 2. The number of carbonyl (C=O) groups excluding carboxylic acids is 1. The number of fused-ring (bicyclic) bond motifs is 3. The Morgan fingerprint density at radius 2 is 2.00 bits per heavy atom. The van der Waals surface area contributed by atoms with Crippen LogP contribution in [0.1, 0.15) is 6.42 Å². The van der Waals surface area contributed by atoms with Gasteiger partial charge in [0.15, 0.2) is 11.5 Å². The summed E-state index contributed by atoms with van der Waals surface area (Å²) in [6, 6.07) is 6.37. The van der Waals surface area contributed by atoms with Gasteiger partial charge >= 0.3 is 12.3 Å². The average Bonchev–Trinajstić information content (AvgIpc) is 3.34. The van der Waals surface area contributed by atoms with Crippen molar-refractivity contribution in [2.45, 2.75) is 37.5 Å². The number of benzene rings is 1. The van der Waals surface area contributed by atoms with Gasteiger partial charge in [0, 0.05) is 30.8 Å². The molecule has 3 unspecified atom stereocenters. The Morgan fingerprint density at radius 3 is 2.69 bits per heavy atom. The fourth-order valence-electron chi connectivity index (χ4n) is 4.40. The lowest BCUT2D eigenvalue weighted by atomic mass is 10.2. The molecule has 5 rings (SSSR count). The lowest BCUT2D eigenvalue weighted by molar-refractivity contribution is -0.141. The van der Waals surface area contributed by atoms with Crippen molar-refractivity contribution in [3.63, 3.8) is 0 Å². The van der Waals surface area contributed by atoms with Gasteiger partial charge in [-0.1, -0.05) is 0 Å². The maximum Gasteiger partial charge on any atom is 0.411 e. The number of carbonyl (C=O) groups is 1.